The summed E-state index contributed by atoms with van der Waals surface area (Å²) >= 11 is 0. The second kappa shape index (κ2) is 9.17. The normalized spacial score (nSPS) is 17.5. The maximum absolute atomic E-state index is 11.4. The molecule has 0 aliphatic carbocycles. The number of hydrogen-bond acceptors (Lipinski definition) is 4. The first-order valence-corrected chi connectivity index (χ1v) is 10.4. The molecule has 0 unspecified atom stereocenters. The van der Waals surface area contributed by atoms with Crippen molar-refractivity contribution in [2.75, 3.05) is 13.2 Å². The molecule has 1 aliphatic rings. The number of aliphatic hydroxyl groups is 2. The molecular formula is C25H25N3O3. The molecule has 1 saturated heterocycles. The zero-order valence-electron chi connectivity index (χ0n) is 17.3. The summed E-state index contributed by atoms with van der Waals surface area (Å²) in [4.78, 5) is 15.6. The third-order valence-corrected chi connectivity index (χ3v) is 5.54. The topological polar surface area (TPSA) is 87.4 Å². The number of carbonyl (C=O) groups excluding carboxylic acids is 1. The van der Waals surface area contributed by atoms with Gasteiger partial charge in [-0.3, -0.25) is 4.79 Å². The number of hydrogen-bond donors (Lipinski definition) is 3. The van der Waals surface area contributed by atoms with Crippen LogP contribution >= 0.6 is 0 Å². The van der Waals surface area contributed by atoms with Crippen molar-refractivity contribution in [3.05, 3.63) is 77.9 Å². The minimum atomic E-state index is -0.734. The molecular weight excluding hydrogens is 390 g/mol. The fourth-order valence-corrected chi connectivity index (χ4v) is 3.82. The van der Waals surface area contributed by atoms with Crippen LogP contribution in [0.4, 0.5) is 0 Å². The second-order valence-corrected chi connectivity index (χ2v) is 7.74. The lowest BCUT2D eigenvalue weighted by atomic mass is 9.95. The SMILES string of the molecule is C[C@H](O)c1nccn1[C@@H](C#Cc1ccc(-c2ccc([C@H]3CNC(=O)C3)cc2)cc1)CO. The third kappa shape index (κ3) is 4.69. The van der Waals surface area contributed by atoms with E-state index in [9.17, 15) is 15.0 Å². The zero-order valence-corrected chi connectivity index (χ0v) is 17.3. The van der Waals surface area contributed by atoms with Crippen LogP contribution in [0.5, 0.6) is 0 Å². The van der Waals surface area contributed by atoms with E-state index in [1.807, 2.05) is 24.3 Å². The average Bonchev–Trinajstić information content (AvgIpc) is 3.44. The van der Waals surface area contributed by atoms with Gasteiger partial charge in [0.15, 0.2) is 0 Å². The maximum atomic E-state index is 11.4. The van der Waals surface area contributed by atoms with E-state index in [1.165, 1.54) is 5.56 Å². The van der Waals surface area contributed by atoms with Crippen LogP contribution < -0.4 is 5.32 Å². The molecule has 1 amide bonds. The van der Waals surface area contributed by atoms with Gasteiger partial charge in [-0.05, 0) is 35.7 Å². The average molecular weight is 415 g/mol. The van der Waals surface area contributed by atoms with Crippen LogP contribution in [0.1, 0.15) is 48.4 Å². The van der Waals surface area contributed by atoms with Crippen LogP contribution in [0.3, 0.4) is 0 Å². The number of nitrogens with one attached hydrogen (secondary N) is 1. The Balaban J connectivity index is 1.47. The monoisotopic (exact) mass is 415 g/mol. The van der Waals surface area contributed by atoms with Crippen molar-refractivity contribution in [2.45, 2.75) is 31.4 Å². The van der Waals surface area contributed by atoms with Gasteiger partial charge in [-0.25, -0.2) is 4.98 Å². The standard InChI is InChI=1S/C25H25N3O3/c1-17(30)25-26-12-13-28(25)23(16-29)11-4-18-2-5-19(6-3-18)20-7-9-21(10-8-20)22-14-24(31)27-15-22/h2-3,5-10,12-13,17,22-23,29-30H,14-16H2,1H3,(H,27,31)/t17-,22+,23-/m0/s1. The maximum Gasteiger partial charge on any atom is 0.220 e. The van der Waals surface area contributed by atoms with Gasteiger partial charge in [-0.1, -0.05) is 48.2 Å². The van der Waals surface area contributed by atoms with Gasteiger partial charge in [-0.15, -0.1) is 0 Å². The minimum Gasteiger partial charge on any atom is -0.393 e. The summed E-state index contributed by atoms with van der Waals surface area (Å²) in [6.45, 7) is 2.17. The van der Waals surface area contributed by atoms with Gasteiger partial charge in [0.2, 0.25) is 5.91 Å². The third-order valence-electron chi connectivity index (χ3n) is 5.54. The number of benzene rings is 2. The van der Waals surface area contributed by atoms with Gasteiger partial charge < -0.3 is 20.1 Å². The Morgan fingerprint density at radius 2 is 1.84 bits per heavy atom. The number of imidazole rings is 1. The summed E-state index contributed by atoms with van der Waals surface area (Å²) in [7, 11) is 0. The Labute approximate surface area is 181 Å². The van der Waals surface area contributed by atoms with Crippen LogP contribution in [0, 0.1) is 11.8 Å². The molecule has 0 saturated carbocycles. The van der Waals surface area contributed by atoms with Crippen LogP contribution in [0.15, 0.2) is 60.9 Å². The highest BCUT2D eigenvalue weighted by Crippen LogP contribution is 2.26. The number of aliphatic hydroxyl groups excluding tert-OH is 2. The first-order chi connectivity index (χ1) is 15.0. The molecule has 2 aromatic carbocycles. The first-order valence-electron chi connectivity index (χ1n) is 10.4. The van der Waals surface area contributed by atoms with Crippen LogP contribution in [0.25, 0.3) is 11.1 Å². The van der Waals surface area contributed by atoms with Crippen molar-refractivity contribution < 1.29 is 15.0 Å². The second-order valence-electron chi connectivity index (χ2n) is 7.74. The Kier molecular flexibility index (Phi) is 6.17. The van der Waals surface area contributed by atoms with Crippen LogP contribution in [0.2, 0.25) is 0 Å². The largest absolute Gasteiger partial charge is 0.393 e. The van der Waals surface area contributed by atoms with E-state index >= 15 is 0 Å². The van der Waals surface area contributed by atoms with Crippen molar-refractivity contribution in [2.24, 2.45) is 0 Å². The van der Waals surface area contributed by atoms with Crippen molar-refractivity contribution in [1.29, 1.82) is 0 Å². The summed E-state index contributed by atoms with van der Waals surface area (Å²) in [6, 6.07) is 15.8. The molecule has 1 aliphatic heterocycles. The van der Waals surface area contributed by atoms with Crippen LogP contribution in [-0.2, 0) is 4.79 Å². The van der Waals surface area contributed by atoms with E-state index in [0.717, 1.165) is 16.7 Å². The van der Waals surface area contributed by atoms with Gasteiger partial charge in [-0.2, -0.15) is 0 Å². The molecule has 158 valence electrons. The summed E-state index contributed by atoms with van der Waals surface area (Å²) in [5, 5.41) is 22.4. The highest BCUT2D eigenvalue weighted by molar-refractivity contribution is 5.79. The number of amides is 1. The lowest BCUT2D eigenvalue weighted by Gasteiger charge is -2.14. The predicted molar refractivity (Wildman–Crippen MR) is 118 cm³/mol. The molecule has 0 bridgehead atoms. The first kappa shape index (κ1) is 20.9. The van der Waals surface area contributed by atoms with Gasteiger partial charge in [0.05, 0.1) is 6.61 Å². The molecule has 6 nitrogen and oxygen atoms in total. The van der Waals surface area contributed by atoms with E-state index in [0.29, 0.717) is 18.8 Å². The molecule has 3 N–H and O–H groups in total. The van der Waals surface area contributed by atoms with Crippen molar-refractivity contribution in [1.82, 2.24) is 14.9 Å². The van der Waals surface area contributed by atoms with E-state index < -0.39 is 12.1 Å². The number of aromatic nitrogens is 2. The molecule has 1 fully saturated rings. The summed E-state index contributed by atoms with van der Waals surface area (Å²) < 4.78 is 1.70. The molecule has 1 aromatic heterocycles. The van der Waals surface area contributed by atoms with E-state index in [2.05, 4.69) is 46.4 Å². The highest BCUT2D eigenvalue weighted by Gasteiger charge is 2.22. The number of carbonyl (C=O) groups is 1. The predicted octanol–water partition coefficient (Wildman–Crippen LogP) is 2.79. The molecule has 3 atom stereocenters. The summed E-state index contributed by atoms with van der Waals surface area (Å²) in [5.74, 6) is 7.01. The number of rotatable bonds is 5. The minimum absolute atomic E-state index is 0.115. The smallest absolute Gasteiger partial charge is 0.220 e. The molecule has 3 aromatic rings. The Morgan fingerprint density at radius 3 is 2.42 bits per heavy atom. The van der Waals surface area contributed by atoms with Crippen molar-refractivity contribution >= 4 is 5.91 Å². The van der Waals surface area contributed by atoms with Gasteiger partial charge in [0.25, 0.3) is 0 Å². The molecule has 0 spiro atoms. The Hall–Kier alpha value is -3.40. The van der Waals surface area contributed by atoms with Crippen LogP contribution in [-0.4, -0.2) is 38.8 Å². The van der Waals surface area contributed by atoms with Crippen molar-refractivity contribution in [3.8, 4) is 23.0 Å². The molecule has 6 heteroatoms. The molecule has 2 heterocycles. The summed E-state index contributed by atoms with van der Waals surface area (Å²) in [6.07, 6.45) is 3.12. The van der Waals surface area contributed by atoms with Gasteiger partial charge >= 0.3 is 0 Å². The lowest BCUT2D eigenvalue weighted by Crippen LogP contribution is -2.15. The highest BCUT2D eigenvalue weighted by atomic mass is 16.3. The van der Waals surface area contributed by atoms with E-state index in [-0.39, 0.29) is 18.4 Å². The molecule has 0 radical (unpaired) electrons. The zero-order chi connectivity index (χ0) is 21.8. The van der Waals surface area contributed by atoms with Gasteiger partial charge in [0.1, 0.15) is 18.0 Å². The Bertz CT molecular complexity index is 1110. The fourth-order valence-electron chi connectivity index (χ4n) is 3.82. The van der Waals surface area contributed by atoms with E-state index in [4.69, 9.17) is 0 Å². The molecule has 31 heavy (non-hydrogen) atoms. The van der Waals surface area contributed by atoms with Crippen molar-refractivity contribution in [3.63, 3.8) is 0 Å². The fraction of sp³-hybridized carbons (Fsp3) is 0.280. The quantitative estimate of drug-likeness (QED) is 0.559. The lowest BCUT2D eigenvalue weighted by molar-refractivity contribution is -0.119. The number of nitrogens with zero attached hydrogens (tertiary/aromatic N) is 2. The van der Waals surface area contributed by atoms with Gasteiger partial charge in [0, 0.05) is 36.8 Å². The Morgan fingerprint density at radius 1 is 1.16 bits per heavy atom. The van der Waals surface area contributed by atoms with E-state index in [1.54, 1.807) is 23.9 Å². The molecule has 4 rings (SSSR count). The summed E-state index contributed by atoms with van der Waals surface area (Å²) in [5.41, 5.74) is 4.21.